The molecule has 4 nitrogen and oxygen atoms in total. The molecule has 6 heteroatoms. The lowest BCUT2D eigenvalue weighted by atomic mass is 10.0. The smallest absolute Gasteiger partial charge is 0.358 e. The summed E-state index contributed by atoms with van der Waals surface area (Å²) in [6.07, 6.45) is 3.39. The minimum Gasteiger partial charge on any atom is -0.358 e. The molecule has 0 unspecified atom stereocenters. The van der Waals surface area contributed by atoms with Gasteiger partial charge < -0.3 is 4.18 Å². The molecule has 0 saturated heterocycles. The van der Waals surface area contributed by atoms with Crippen molar-refractivity contribution in [3.63, 3.8) is 0 Å². The van der Waals surface area contributed by atoms with Crippen molar-refractivity contribution in [3.8, 4) is 16.9 Å². The Balaban J connectivity index is 2.31. The van der Waals surface area contributed by atoms with Gasteiger partial charge in [-0.2, -0.15) is 8.42 Å². The molecule has 2 rings (SSSR count). The molecule has 1 aromatic heterocycles. The van der Waals surface area contributed by atoms with Gasteiger partial charge in [-0.05, 0) is 36.2 Å². The van der Waals surface area contributed by atoms with E-state index in [1.54, 1.807) is 24.5 Å². The van der Waals surface area contributed by atoms with Crippen LogP contribution in [-0.4, -0.2) is 13.4 Å². The molecule has 0 saturated carbocycles. The van der Waals surface area contributed by atoms with E-state index < -0.39 is 10.5 Å². The second kappa shape index (κ2) is 4.73. The van der Waals surface area contributed by atoms with E-state index in [2.05, 4.69) is 9.17 Å². The van der Waals surface area contributed by atoms with Crippen molar-refractivity contribution in [1.82, 2.24) is 4.98 Å². The molecule has 0 amide bonds. The van der Waals surface area contributed by atoms with Gasteiger partial charge in [0.15, 0.2) is 0 Å². The monoisotopic (exact) mass is 267 g/mol. The van der Waals surface area contributed by atoms with Crippen molar-refractivity contribution in [3.05, 3.63) is 48.3 Å². The first-order valence-corrected chi connectivity index (χ1v) is 6.42. The SMILES string of the molecule is Cc1ccncc1-c1ccc(OS(=O)(=O)F)cc1. The Bertz CT molecular complexity index is 653. The predicted molar refractivity (Wildman–Crippen MR) is 65.1 cm³/mol. The third-order valence-electron chi connectivity index (χ3n) is 2.40. The van der Waals surface area contributed by atoms with Crippen molar-refractivity contribution >= 4 is 10.5 Å². The zero-order valence-electron chi connectivity index (χ0n) is 9.50. The molecular weight excluding hydrogens is 257 g/mol. The summed E-state index contributed by atoms with van der Waals surface area (Å²) in [7, 11) is -4.98. The molecule has 0 bridgehead atoms. The quantitative estimate of drug-likeness (QED) is 0.802. The van der Waals surface area contributed by atoms with Crippen LogP contribution in [0.3, 0.4) is 0 Å². The Morgan fingerprint density at radius 1 is 1.17 bits per heavy atom. The summed E-state index contributed by atoms with van der Waals surface area (Å²) in [4.78, 5) is 4.02. The number of halogens is 1. The van der Waals surface area contributed by atoms with Crippen LogP contribution in [0, 0.1) is 6.92 Å². The summed E-state index contributed by atoms with van der Waals surface area (Å²) < 4.78 is 37.0. The van der Waals surface area contributed by atoms with Gasteiger partial charge in [0.25, 0.3) is 0 Å². The minimum absolute atomic E-state index is 0.0669. The number of hydrogen-bond donors (Lipinski definition) is 0. The standard InChI is InChI=1S/C12H10FNO3S/c1-9-6-7-14-8-12(9)10-2-4-11(5-3-10)17-18(13,15)16/h2-8H,1H3. The lowest BCUT2D eigenvalue weighted by Gasteiger charge is -2.05. The first-order valence-electron chi connectivity index (χ1n) is 5.11. The van der Waals surface area contributed by atoms with Gasteiger partial charge in [-0.1, -0.05) is 16.0 Å². The van der Waals surface area contributed by atoms with Crippen LogP contribution in [0.25, 0.3) is 11.1 Å². The first kappa shape index (κ1) is 12.5. The molecule has 0 aliphatic heterocycles. The van der Waals surface area contributed by atoms with E-state index >= 15 is 0 Å². The fourth-order valence-corrected chi connectivity index (χ4v) is 1.91. The van der Waals surface area contributed by atoms with Crippen LogP contribution in [0.4, 0.5) is 3.89 Å². The Hall–Kier alpha value is -1.95. The summed E-state index contributed by atoms with van der Waals surface area (Å²) >= 11 is 0. The highest BCUT2D eigenvalue weighted by Gasteiger charge is 2.09. The number of benzene rings is 1. The highest BCUT2D eigenvalue weighted by Crippen LogP contribution is 2.25. The fraction of sp³-hybridized carbons (Fsp3) is 0.0833. The molecule has 18 heavy (non-hydrogen) atoms. The van der Waals surface area contributed by atoms with Gasteiger partial charge in [0.2, 0.25) is 0 Å². The molecular formula is C12H10FNO3S. The van der Waals surface area contributed by atoms with Crippen molar-refractivity contribution in [1.29, 1.82) is 0 Å². The van der Waals surface area contributed by atoms with Gasteiger partial charge in [0, 0.05) is 18.0 Å². The molecule has 0 radical (unpaired) electrons. The summed E-state index contributed by atoms with van der Waals surface area (Å²) in [5, 5.41) is 0. The largest absolute Gasteiger partial charge is 0.488 e. The highest BCUT2D eigenvalue weighted by molar-refractivity contribution is 7.81. The number of hydrogen-bond acceptors (Lipinski definition) is 4. The fourth-order valence-electron chi connectivity index (χ4n) is 1.57. The van der Waals surface area contributed by atoms with Crippen LogP contribution in [0.15, 0.2) is 42.7 Å². The van der Waals surface area contributed by atoms with Crippen LogP contribution in [0.1, 0.15) is 5.56 Å². The second-order valence-corrected chi connectivity index (χ2v) is 4.64. The molecule has 1 heterocycles. The molecule has 0 fully saturated rings. The van der Waals surface area contributed by atoms with Crippen LogP contribution in [-0.2, 0) is 10.5 Å². The minimum atomic E-state index is -4.98. The predicted octanol–water partition coefficient (Wildman–Crippen LogP) is 2.65. The average Bonchev–Trinajstić information content (AvgIpc) is 2.29. The Labute approximate surface area is 104 Å². The zero-order chi connectivity index (χ0) is 13.2. The summed E-state index contributed by atoms with van der Waals surface area (Å²) in [5.41, 5.74) is 2.81. The third-order valence-corrected chi connectivity index (χ3v) is 2.79. The second-order valence-electron chi connectivity index (χ2n) is 3.69. The molecule has 0 spiro atoms. The molecule has 0 atom stereocenters. The number of rotatable bonds is 3. The normalized spacial score (nSPS) is 11.2. The first-order chi connectivity index (χ1) is 8.46. The summed E-state index contributed by atoms with van der Waals surface area (Å²) in [5.74, 6) is -0.0669. The van der Waals surface area contributed by atoms with Crippen LogP contribution >= 0.6 is 0 Å². The van der Waals surface area contributed by atoms with E-state index in [1.807, 2.05) is 13.0 Å². The summed E-state index contributed by atoms with van der Waals surface area (Å²) in [6, 6.07) is 7.93. The van der Waals surface area contributed by atoms with Crippen LogP contribution in [0.5, 0.6) is 5.75 Å². The summed E-state index contributed by atoms with van der Waals surface area (Å²) in [6.45, 7) is 1.94. The maximum absolute atomic E-state index is 12.3. The Kier molecular flexibility index (Phi) is 3.29. The zero-order valence-corrected chi connectivity index (χ0v) is 10.3. The van der Waals surface area contributed by atoms with Gasteiger partial charge in [-0.3, -0.25) is 4.98 Å². The number of aryl methyl sites for hydroxylation is 1. The molecule has 2 aromatic rings. The number of aromatic nitrogens is 1. The lowest BCUT2D eigenvalue weighted by Crippen LogP contribution is -2.00. The molecule has 1 aromatic carbocycles. The maximum Gasteiger partial charge on any atom is 0.488 e. The van der Waals surface area contributed by atoms with Crippen molar-refractivity contribution in [2.24, 2.45) is 0 Å². The Morgan fingerprint density at radius 3 is 2.39 bits per heavy atom. The van der Waals surface area contributed by atoms with Crippen molar-refractivity contribution in [2.45, 2.75) is 6.92 Å². The molecule has 0 aliphatic rings. The van der Waals surface area contributed by atoms with E-state index in [4.69, 9.17) is 0 Å². The maximum atomic E-state index is 12.3. The number of nitrogens with zero attached hydrogens (tertiary/aromatic N) is 1. The molecule has 94 valence electrons. The molecule has 0 aliphatic carbocycles. The van der Waals surface area contributed by atoms with Crippen molar-refractivity contribution < 1.29 is 16.5 Å². The highest BCUT2D eigenvalue weighted by atomic mass is 32.3. The van der Waals surface area contributed by atoms with Crippen molar-refractivity contribution in [2.75, 3.05) is 0 Å². The van der Waals surface area contributed by atoms with E-state index in [0.29, 0.717) is 0 Å². The van der Waals surface area contributed by atoms with E-state index in [0.717, 1.165) is 16.7 Å². The Morgan fingerprint density at radius 2 is 1.83 bits per heavy atom. The molecule has 0 N–H and O–H groups in total. The van der Waals surface area contributed by atoms with Gasteiger partial charge >= 0.3 is 10.5 Å². The van der Waals surface area contributed by atoms with Crippen LogP contribution < -0.4 is 4.18 Å². The van der Waals surface area contributed by atoms with Crippen LogP contribution in [0.2, 0.25) is 0 Å². The average molecular weight is 267 g/mol. The van der Waals surface area contributed by atoms with Gasteiger partial charge in [-0.25, -0.2) is 0 Å². The van der Waals surface area contributed by atoms with E-state index in [-0.39, 0.29) is 5.75 Å². The van der Waals surface area contributed by atoms with Gasteiger partial charge in [0.05, 0.1) is 0 Å². The lowest BCUT2D eigenvalue weighted by molar-refractivity contribution is 0.440. The van der Waals surface area contributed by atoms with E-state index in [9.17, 15) is 12.3 Å². The topological polar surface area (TPSA) is 56.3 Å². The van der Waals surface area contributed by atoms with E-state index in [1.165, 1.54) is 12.1 Å². The van der Waals surface area contributed by atoms with Gasteiger partial charge in [0.1, 0.15) is 5.75 Å². The third kappa shape index (κ3) is 3.04. The van der Waals surface area contributed by atoms with Gasteiger partial charge in [-0.15, -0.1) is 0 Å². The number of pyridine rings is 1.